The van der Waals surface area contributed by atoms with E-state index in [9.17, 15) is 14.7 Å². The number of anilines is 1. The van der Waals surface area contributed by atoms with Crippen molar-refractivity contribution in [1.82, 2.24) is 4.90 Å². The van der Waals surface area contributed by atoms with Gasteiger partial charge in [0.1, 0.15) is 6.10 Å². The lowest BCUT2D eigenvalue weighted by Gasteiger charge is -2.33. The maximum absolute atomic E-state index is 13.7. The standard InChI is InChI=1S/C23H26Cl2N2O4/c1-23(2,3)13-27-18-10-9-14(24)11-16(18)20(15-7-5-6-8-17(15)25)31-22(21(27)30)26(4)12-19(28)29/h5-11,20,22H,12-13H2,1-4H3,(H,28,29)/t20-,22+/m0/s1. The number of carboxylic acid groups (broad SMARTS) is 1. The first kappa shape index (κ1) is 23.5. The van der Waals surface area contributed by atoms with Crippen LogP contribution in [-0.2, 0) is 14.3 Å². The normalized spacial score (nSPS) is 19.3. The first-order chi connectivity index (χ1) is 14.5. The number of nitrogens with zero attached hydrogens (tertiary/aromatic N) is 2. The van der Waals surface area contributed by atoms with Crippen LogP contribution < -0.4 is 4.90 Å². The van der Waals surface area contributed by atoms with E-state index in [-0.39, 0.29) is 17.9 Å². The molecule has 0 aliphatic carbocycles. The number of benzene rings is 2. The van der Waals surface area contributed by atoms with Crippen LogP contribution in [0.1, 0.15) is 38.0 Å². The summed E-state index contributed by atoms with van der Waals surface area (Å²) in [5, 5.41) is 10.3. The van der Waals surface area contributed by atoms with Crippen LogP contribution in [0, 0.1) is 5.41 Å². The molecule has 0 saturated carbocycles. The number of carbonyl (C=O) groups is 2. The highest BCUT2D eigenvalue weighted by Crippen LogP contribution is 2.42. The Morgan fingerprint density at radius 3 is 2.45 bits per heavy atom. The summed E-state index contributed by atoms with van der Waals surface area (Å²) >= 11 is 12.8. The lowest BCUT2D eigenvalue weighted by Crippen LogP contribution is -2.51. The zero-order valence-corrected chi connectivity index (χ0v) is 19.4. The van der Waals surface area contributed by atoms with E-state index in [4.69, 9.17) is 27.9 Å². The third-order valence-corrected chi connectivity index (χ3v) is 5.49. The Balaban J connectivity index is 2.22. The molecule has 2 aromatic carbocycles. The average Bonchev–Trinajstić information content (AvgIpc) is 2.76. The van der Waals surface area contributed by atoms with Crippen LogP contribution >= 0.6 is 23.2 Å². The van der Waals surface area contributed by atoms with Crippen LogP contribution in [-0.4, -0.2) is 48.2 Å². The molecular formula is C23H26Cl2N2O4. The van der Waals surface area contributed by atoms with Crippen molar-refractivity contribution in [3.05, 3.63) is 63.6 Å². The van der Waals surface area contributed by atoms with Gasteiger partial charge in [0.2, 0.25) is 0 Å². The van der Waals surface area contributed by atoms with Crippen molar-refractivity contribution in [2.45, 2.75) is 33.1 Å². The molecule has 2 aromatic rings. The molecule has 2 atom stereocenters. The first-order valence-corrected chi connectivity index (χ1v) is 10.7. The lowest BCUT2D eigenvalue weighted by molar-refractivity contribution is -0.153. The van der Waals surface area contributed by atoms with Crippen LogP contribution in [0.4, 0.5) is 5.69 Å². The second-order valence-electron chi connectivity index (χ2n) is 8.89. The van der Waals surface area contributed by atoms with Crippen LogP contribution in [0.3, 0.4) is 0 Å². The summed E-state index contributed by atoms with van der Waals surface area (Å²) in [5.41, 5.74) is 1.82. The van der Waals surface area contributed by atoms with E-state index in [1.165, 1.54) is 4.90 Å². The molecule has 166 valence electrons. The van der Waals surface area contributed by atoms with Crippen molar-refractivity contribution in [3.8, 4) is 0 Å². The van der Waals surface area contributed by atoms with Crippen LogP contribution in [0.5, 0.6) is 0 Å². The van der Waals surface area contributed by atoms with Crippen molar-refractivity contribution in [2.24, 2.45) is 5.41 Å². The number of hydrogen-bond acceptors (Lipinski definition) is 4. The number of likely N-dealkylation sites (N-methyl/N-ethyl adjacent to an activating group) is 1. The smallest absolute Gasteiger partial charge is 0.317 e. The topological polar surface area (TPSA) is 70.1 Å². The molecule has 6 nitrogen and oxygen atoms in total. The Bertz CT molecular complexity index is 990. The van der Waals surface area contributed by atoms with Gasteiger partial charge < -0.3 is 14.7 Å². The third kappa shape index (κ3) is 5.39. The highest BCUT2D eigenvalue weighted by molar-refractivity contribution is 6.31. The first-order valence-electron chi connectivity index (χ1n) is 9.90. The molecule has 1 N–H and O–H groups in total. The molecule has 0 aromatic heterocycles. The molecule has 1 aliphatic rings. The molecule has 0 radical (unpaired) electrons. The van der Waals surface area contributed by atoms with Crippen LogP contribution in [0.25, 0.3) is 0 Å². The molecule has 0 bridgehead atoms. The Morgan fingerprint density at radius 2 is 1.84 bits per heavy atom. The fourth-order valence-corrected chi connectivity index (χ4v) is 4.06. The highest BCUT2D eigenvalue weighted by atomic mass is 35.5. The van der Waals surface area contributed by atoms with E-state index in [0.29, 0.717) is 33.4 Å². The number of amides is 1. The van der Waals surface area contributed by atoms with Crippen LogP contribution in [0.15, 0.2) is 42.5 Å². The minimum Gasteiger partial charge on any atom is -0.480 e. The minimum absolute atomic E-state index is 0.216. The number of carbonyl (C=O) groups excluding carboxylic acids is 1. The van der Waals surface area contributed by atoms with E-state index in [0.717, 1.165) is 0 Å². The number of fused-ring (bicyclic) bond motifs is 1. The Morgan fingerprint density at radius 1 is 1.16 bits per heavy atom. The zero-order valence-electron chi connectivity index (χ0n) is 17.9. The second-order valence-corrected chi connectivity index (χ2v) is 9.73. The van der Waals surface area contributed by atoms with Gasteiger partial charge in [-0.2, -0.15) is 0 Å². The van der Waals surface area contributed by atoms with Gasteiger partial charge in [-0.05, 0) is 36.7 Å². The van der Waals surface area contributed by atoms with Gasteiger partial charge in [-0.15, -0.1) is 0 Å². The molecule has 3 rings (SSSR count). The van der Waals surface area contributed by atoms with E-state index in [2.05, 4.69) is 0 Å². The summed E-state index contributed by atoms with van der Waals surface area (Å²) in [6, 6.07) is 12.5. The van der Waals surface area contributed by atoms with E-state index in [1.807, 2.05) is 39.0 Å². The largest absolute Gasteiger partial charge is 0.480 e. The lowest BCUT2D eigenvalue weighted by atomic mass is 9.94. The number of rotatable bonds is 5. The molecule has 1 amide bonds. The average molecular weight is 465 g/mol. The van der Waals surface area contributed by atoms with E-state index >= 15 is 0 Å². The number of hydrogen-bond donors (Lipinski definition) is 1. The van der Waals surface area contributed by atoms with Gasteiger partial charge in [-0.25, -0.2) is 0 Å². The molecule has 1 aliphatic heterocycles. The fraction of sp³-hybridized carbons (Fsp3) is 0.391. The molecule has 0 spiro atoms. The van der Waals surface area contributed by atoms with E-state index in [1.54, 1.807) is 36.2 Å². The molecule has 8 heteroatoms. The number of halogens is 2. The monoisotopic (exact) mass is 464 g/mol. The van der Waals surface area contributed by atoms with Crippen molar-refractivity contribution < 1.29 is 19.4 Å². The SMILES string of the molecule is CN(CC(=O)O)[C@@H]1O[C@@H](c2ccccc2Cl)c2cc(Cl)ccc2N(CC(C)(C)C)C1=O. The number of aliphatic carboxylic acids is 1. The summed E-state index contributed by atoms with van der Waals surface area (Å²) in [6.45, 7) is 6.15. The van der Waals surface area contributed by atoms with Gasteiger partial charge in [0, 0.05) is 27.7 Å². The summed E-state index contributed by atoms with van der Waals surface area (Å²) in [6.07, 6.45) is -1.83. The summed E-state index contributed by atoms with van der Waals surface area (Å²) in [7, 11) is 1.55. The number of carboxylic acids is 1. The van der Waals surface area contributed by atoms with Gasteiger partial charge >= 0.3 is 5.97 Å². The minimum atomic E-state index is -1.12. The quantitative estimate of drug-likeness (QED) is 0.685. The molecule has 0 unspecified atom stereocenters. The highest BCUT2D eigenvalue weighted by Gasteiger charge is 2.40. The van der Waals surface area contributed by atoms with Crippen molar-refractivity contribution in [2.75, 3.05) is 25.0 Å². The molecule has 0 saturated heterocycles. The van der Waals surface area contributed by atoms with Gasteiger partial charge in [0.25, 0.3) is 5.91 Å². The Hall–Kier alpha value is -2.12. The van der Waals surface area contributed by atoms with Gasteiger partial charge in [0.05, 0.1) is 12.2 Å². The fourth-order valence-electron chi connectivity index (χ4n) is 3.65. The van der Waals surface area contributed by atoms with Crippen molar-refractivity contribution in [3.63, 3.8) is 0 Å². The van der Waals surface area contributed by atoms with Crippen molar-refractivity contribution in [1.29, 1.82) is 0 Å². The predicted molar refractivity (Wildman–Crippen MR) is 122 cm³/mol. The predicted octanol–water partition coefficient (Wildman–Crippen LogP) is 4.83. The summed E-state index contributed by atoms with van der Waals surface area (Å²) in [5.74, 6) is -1.39. The second kappa shape index (κ2) is 9.17. The summed E-state index contributed by atoms with van der Waals surface area (Å²) in [4.78, 5) is 28.1. The summed E-state index contributed by atoms with van der Waals surface area (Å²) < 4.78 is 6.31. The number of ether oxygens (including phenoxy) is 1. The molecular weight excluding hydrogens is 439 g/mol. The van der Waals surface area contributed by atoms with Gasteiger partial charge in [-0.1, -0.05) is 62.2 Å². The van der Waals surface area contributed by atoms with Crippen molar-refractivity contribution >= 4 is 40.8 Å². The molecule has 31 heavy (non-hydrogen) atoms. The maximum atomic E-state index is 13.7. The Labute approximate surface area is 192 Å². The van der Waals surface area contributed by atoms with Gasteiger partial charge in [-0.3, -0.25) is 14.5 Å². The zero-order chi connectivity index (χ0) is 22.9. The Kier molecular flexibility index (Phi) is 6.96. The van der Waals surface area contributed by atoms with Crippen LogP contribution in [0.2, 0.25) is 10.0 Å². The van der Waals surface area contributed by atoms with Gasteiger partial charge in [0.15, 0.2) is 6.23 Å². The molecule has 0 fully saturated rings. The van der Waals surface area contributed by atoms with E-state index < -0.39 is 18.3 Å². The molecule has 1 heterocycles. The maximum Gasteiger partial charge on any atom is 0.317 e. The third-order valence-electron chi connectivity index (χ3n) is 4.91.